The molecule has 1 aliphatic rings. The lowest BCUT2D eigenvalue weighted by atomic mass is 10.2. The summed E-state index contributed by atoms with van der Waals surface area (Å²) in [6, 6.07) is 4.27. The monoisotopic (exact) mass is 325 g/mol. The predicted octanol–water partition coefficient (Wildman–Crippen LogP) is 2.33. The molecule has 22 heavy (non-hydrogen) atoms. The predicted molar refractivity (Wildman–Crippen MR) is 82.2 cm³/mol. The molecule has 0 spiro atoms. The maximum Gasteiger partial charge on any atom is 0.259 e. The smallest absolute Gasteiger partial charge is 0.259 e. The zero-order valence-electron chi connectivity index (χ0n) is 12.0. The molecule has 0 radical (unpaired) electrons. The van der Waals surface area contributed by atoms with Crippen LogP contribution >= 0.6 is 11.6 Å². The van der Waals surface area contributed by atoms with Gasteiger partial charge in [0.25, 0.3) is 5.91 Å². The van der Waals surface area contributed by atoms with Crippen molar-refractivity contribution >= 4 is 29.6 Å². The minimum atomic E-state index is -0.520. The van der Waals surface area contributed by atoms with Crippen molar-refractivity contribution in [1.82, 2.24) is 10.3 Å². The van der Waals surface area contributed by atoms with E-state index in [1.54, 1.807) is 0 Å². The van der Waals surface area contributed by atoms with Crippen LogP contribution in [0.2, 0.25) is 5.02 Å². The summed E-state index contributed by atoms with van der Waals surface area (Å²) < 4.78 is 13.5. The van der Waals surface area contributed by atoms with Gasteiger partial charge in [-0.2, -0.15) is 5.10 Å². The minimum absolute atomic E-state index is 0.0197. The van der Waals surface area contributed by atoms with Crippen LogP contribution in [0.25, 0.3) is 0 Å². The van der Waals surface area contributed by atoms with Crippen molar-refractivity contribution in [1.29, 1.82) is 0 Å². The Morgan fingerprint density at radius 3 is 3.00 bits per heavy atom. The molecule has 0 atom stereocenters. The van der Waals surface area contributed by atoms with E-state index < -0.39 is 11.7 Å². The molecular formula is C15H17ClFN3O2. The van der Waals surface area contributed by atoms with Gasteiger partial charge >= 0.3 is 0 Å². The van der Waals surface area contributed by atoms with Gasteiger partial charge in [0.2, 0.25) is 5.91 Å². The second-order valence-corrected chi connectivity index (χ2v) is 5.46. The van der Waals surface area contributed by atoms with Crippen molar-refractivity contribution in [2.24, 2.45) is 5.10 Å². The quantitative estimate of drug-likeness (QED) is 0.682. The van der Waals surface area contributed by atoms with Crippen molar-refractivity contribution in [3.8, 4) is 0 Å². The molecule has 7 heteroatoms. The fourth-order valence-corrected chi connectivity index (χ4v) is 2.43. The van der Waals surface area contributed by atoms with Gasteiger partial charge in [-0.05, 0) is 25.0 Å². The highest BCUT2D eigenvalue weighted by atomic mass is 35.5. The average Bonchev–Trinajstić information content (AvgIpc) is 2.67. The van der Waals surface area contributed by atoms with Gasteiger partial charge in [0.1, 0.15) is 12.4 Å². The first kappa shape index (κ1) is 16.4. The molecule has 118 valence electrons. The lowest BCUT2D eigenvalue weighted by Crippen LogP contribution is -2.39. The highest BCUT2D eigenvalue weighted by molar-refractivity contribution is 6.33. The molecular weight excluding hydrogens is 309 g/mol. The van der Waals surface area contributed by atoms with E-state index in [1.807, 2.05) is 0 Å². The zero-order chi connectivity index (χ0) is 15.9. The second-order valence-electron chi connectivity index (χ2n) is 5.05. The summed E-state index contributed by atoms with van der Waals surface area (Å²) >= 11 is 5.84. The number of carbonyl (C=O) groups is 2. The third-order valence-electron chi connectivity index (χ3n) is 3.39. The molecule has 1 heterocycles. The Kier molecular flexibility index (Phi) is 5.89. The Balaban J connectivity index is 1.89. The number of amides is 2. The summed E-state index contributed by atoms with van der Waals surface area (Å²) in [5, 5.41) is 3.90. The van der Waals surface area contributed by atoms with Gasteiger partial charge in [-0.3, -0.25) is 9.59 Å². The van der Waals surface area contributed by atoms with Crippen LogP contribution < -0.4 is 5.43 Å². The Bertz CT molecular complexity index is 572. The van der Waals surface area contributed by atoms with Gasteiger partial charge in [0.05, 0.1) is 11.2 Å². The molecule has 2 rings (SSSR count). The Labute approximate surface area is 133 Å². The van der Waals surface area contributed by atoms with Gasteiger partial charge in [-0.1, -0.05) is 24.1 Å². The van der Waals surface area contributed by atoms with E-state index in [4.69, 9.17) is 11.6 Å². The van der Waals surface area contributed by atoms with Crippen molar-refractivity contribution < 1.29 is 14.0 Å². The number of nitrogens with zero attached hydrogens (tertiary/aromatic N) is 2. The molecule has 1 saturated heterocycles. The number of halogens is 2. The zero-order valence-corrected chi connectivity index (χ0v) is 12.8. The van der Waals surface area contributed by atoms with Crippen LogP contribution in [0.3, 0.4) is 0 Å². The number of hydrogen-bond donors (Lipinski definition) is 1. The van der Waals surface area contributed by atoms with E-state index in [1.165, 1.54) is 23.1 Å². The first-order valence-corrected chi connectivity index (χ1v) is 7.49. The number of rotatable bonds is 4. The molecule has 1 aromatic rings. The topological polar surface area (TPSA) is 61.8 Å². The highest BCUT2D eigenvalue weighted by Crippen LogP contribution is 2.16. The van der Waals surface area contributed by atoms with E-state index in [0.29, 0.717) is 13.0 Å². The normalized spacial score (nSPS) is 15.9. The van der Waals surface area contributed by atoms with Gasteiger partial charge in [-0.25, -0.2) is 9.82 Å². The molecule has 0 saturated carbocycles. The van der Waals surface area contributed by atoms with Crippen molar-refractivity contribution in [2.45, 2.75) is 25.7 Å². The van der Waals surface area contributed by atoms with Crippen molar-refractivity contribution in [3.05, 3.63) is 34.6 Å². The molecule has 1 N–H and O–H groups in total. The minimum Gasteiger partial charge on any atom is -0.333 e. The molecule has 5 nitrogen and oxygen atoms in total. The fourth-order valence-electron chi connectivity index (χ4n) is 2.22. The summed E-state index contributed by atoms with van der Waals surface area (Å²) in [6.07, 6.45) is 4.38. The number of benzene rings is 1. The standard InChI is InChI=1S/C15H17ClFN3O2/c16-12-5-4-6-13(17)11(12)9-18-19-14(21)10-20-8-3-1-2-7-15(20)22/h4-6,9H,1-3,7-8,10H2,(H,19,21)/b18-9-. The molecule has 0 bridgehead atoms. The maximum atomic E-state index is 13.5. The molecule has 0 aliphatic carbocycles. The fraction of sp³-hybridized carbons (Fsp3) is 0.400. The lowest BCUT2D eigenvalue weighted by Gasteiger charge is -2.18. The van der Waals surface area contributed by atoms with Crippen LogP contribution in [-0.2, 0) is 9.59 Å². The maximum absolute atomic E-state index is 13.5. The van der Waals surface area contributed by atoms with Crippen LogP contribution in [0.15, 0.2) is 23.3 Å². The number of nitrogens with one attached hydrogen (secondary N) is 1. The number of hydrazone groups is 1. The van der Waals surface area contributed by atoms with Crippen LogP contribution in [0.5, 0.6) is 0 Å². The van der Waals surface area contributed by atoms with Gasteiger partial charge in [0.15, 0.2) is 0 Å². The van der Waals surface area contributed by atoms with Gasteiger partial charge in [0, 0.05) is 18.5 Å². The van der Waals surface area contributed by atoms with Crippen LogP contribution in [0, 0.1) is 5.82 Å². The average molecular weight is 326 g/mol. The first-order chi connectivity index (χ1) is 10.6. The van der Waals surface area contributed by atoms with E-state index in [-0.39, 0.29) is 23.0 Å². The second kappa shape index (κ2) is 7.89. The van der Waals surface area contributed by atoms with E-state index in [2.05, 4.69) is 10.5 Å². The highest BCUT2D eigenvalue weighted by Gasteiger charge is 2.18. The molecule has 0 unspecified atom stereocenters. The van der Waals surface area contributed by atoms with E-state index in [0.717, 1.165) is 25.5 Å². The van der Waals surface area contributed by atoms with Crippen LogP contribution in [0.4, 0.5) is 4.39 Å². The summed E-state index contributed by atoms with van der Waals surface area (Å²) in [5.41, 5.74) is 2.39. The number of hydrogen-bond acceptors (Lipinski definition) is 3. The molecule has 1 aromatic carbocycles. The van der Waals surface area contributed by atoms with E-state index in [9.17, 15) is 14.0 Å². The Morgan fingerprint density at radius 1 is 1.41 bits per heavy atom. The Morgan fingerprint density at radius 2 is 2.23 bits per heavy atom. The summed E-state index contributed by atoms with van der Waals surface area (Å²) in [7, 11) is 0. The third kappa shape index (κ3) is 4.53. The third-order valence-corrected chi connectivity index (χ3v) is 3.72. The van der Waals surface area contributed by atoms with Crippen LogP contribution in [-0.4, -0.2) is 36.0 Å². The SMILES string of the molecule is O=C(CN1CCCCCC1=O)N/N=C\c1c(F)cccc1Cl. The molecule has 1 aliphatic heterocycles. The van der Waals surface area contributed by atoms with Crippen molar-refractivity contribution in [2.75, 3.05) is 13.1 Å². The first-order valence-electron chi connectivity index (χ1n) is 7.11. The van der Waals surface area contributed by atoms with E-state index >= 15 is 0 Å². The molecule has 0 aromatic heterocycles. The number of likely N-dealkylation sites (tertiary alicyclic amines) is 1. The number of carbonyl (C=O) groups excluding carboxylic acids is 2. The van der Waals surface area contributed by atoms with Crippen molar-refractivity contribution in [3.63, 3.8) is 0 Å². The molecule has 2 amide bonds. The largest absolute Gasteiger partial charge is 0.333 e. The summed E-state index contributed by atoms with van der Waals surface area (Å²) in [6.45, 7) is 0.538. The Hall–Kier alpha value is -1.95. The van der Waals surface area contributed by atoms with Gasteiger partial charge in [-0.15, -0.1) is 0 Å². The summed E-state index contributed by atoms with van der Waals surface area (Å²) in [5.74, 6) is -0.957. The summed E-state index contributed by atoms with van der Waals surface area (Å²) in [4.78, 5) is 25.1. The lowest BCUT2D eigenvalue weighted by molar-refractivity contribution is -0.135. The van der Waals surface area contributed by atoms with Crippen LogP contribution in [0.1, 0.15) is 31.2 Å². The molecule has 1 fully saturated rings. The van der Waals surface area contributed by atoms with Gasteiger partial charge < -0.3 is 4.90 Å².